The Kier molecular flexibility index (Phi) is 3.64. The molecule has 1 unspecified atom stereocenters. The molecule has 1 heterocycles. The van der Waals surface area contributed by atoms with Gasteiger partial charge in [-0.3, -0.25) is 0 Å². The molecule has 3 nitrogen and oxygen atoms in total. The fourth-order valence-electron chi connectivity index (χ4n) is 1.76. The molecule has 0 aliphatic rings. The highest BCUT2D eigenvalue weighted by Crippen LogP contribution is 2.29. The number of benzene rings is 1. The monoisotopic (exact) mass is 250 g/mol. The van der Waals surface area contributed by atoms with Crippen molar-refractivity contribution in [1.29, 1.82) is 0 Å². The van der Waals surface area contributed by atoms with Gasteiger partial charge in [-0.1, -0.05) is 30.4 Å². The maximum atomic E-state index is 9.09. The number of aromatic nitrogens is 1. The second kappa shape index (κ2) is 5.02. The van der Waals surface area contributed by atoms with Gasteiger partial charge in [-0.15, -0.1) is 0 Å². The number of rotatable bonds is 5. The Morgan fingerprint density at radius 1 is 1.41 bits per heavy atom. The highest BCUT2D eigenvalue weighted by atomic mass is 32.1. The number of hydrogen-bond donors (Lipinski definition) is 2. The molecule has 0 saturated heterocycles. The third-order valence-corrected chi connectivity index (χ3v) is 4.10. The lowest BCUT2D eigenvalue weighted by Gasteiger charge is -2.28. The summed E-state index contributed by atoms with van der Waals surface area (Å²) in [5, 5.41) is 13.5. The van der Waals surface area contributed by atoms with Gasteiger partial charge in [0.2, 0.25) is 0 Å². The Bertz CT molecular complexity index is 464. The van der Waals surface area contributed by atoms with Crippen LogP contribution in [0.25, 0.3) is 10.2 Å². The summed E-state index contributed by atoms with van der Waals surface area (Å²) in [6.45, 7) is 4.44. The smallest absolute Gasteiger partial charge is 0.184 e. The van der Waals surface area contributed by atoms with E-state index >= 15 is 0 Å². The van der Waals surface area contributed by atoms with Gasteiger partial charge in [-0.05, 0) is 31.9 Å². The third-order valence-electron chi connectivity index (χ3n) is 3.15. The first-order valence-corrected chi connectivity index (χ1v) is 6.73. The van der Waals surface area contributed by atoms with E-state index in [1.807, 2.05) is 18.2 Å². The summed E-state index contributed by atoms with van der Waals surface area (Å²) in [5.74, 6) is 0. The molecular formula is C13H18N2OS. The van der Waals surface area contributed by atoms with E-state index in [0.29, 0.717) is 0 Å². The molecule has 2 rings (SSSR count). The summed E-state index contributed by atoms with van der Waals surface area (Å²) in [7, 11) is 0. The Morgan fingerprint density at radius 2 is 2.18 bits per heavy atom. The van der Waals surface area contributed by atoms with Gasteiger partial charge in [0.15, 0.2) is 5.13 Å². The molecule has 0 radical (unpaired) electrons. The summed E-state index contributed by atoms with van der Waals surface area (Å²) in [6.07, 6.45) is 1.70. The van der Waals surface area contributed by atoms with E-state index in [4.69, 9.17) is 5.11 Å². The Hall–Kier alpha value is -1.13. The number of fused-ring (bicyclic) bond motifs is 1. The minimum absolute atomic E-state index is 0.0807. The molecule has 1 atom stereocenters. The van der Waals surface area contributed by atoms with Gasteiger partial charge in [0.05, 0.1) is 10.2 Å². The van der Waals surface area contributed by atoms with E-state index in [9.17, 15) is 0 Å². The minimum atomic E-state index is -0.0807. The lowest BCUT2D eigenvalue weighted by atomic mass is 9.95. The van der Waals surface area contributed by atoms with E-state index in [-0.39, 0.29) is 12.1 Å². The van der Waals surface area contributed by atoms with Crippen LogP contribution in [0.15, 0.2) is 24.3 Å². The number of nitrogens with one attached hydrogen (secondary N) is 1. The van der Waals surface area contributed by atoms with E-state index in [2.05, 4.69) is 30.2 Å². The average Bonchev–Trinajstić information content (AvgIpc) is 2.71. The number of para-hydroxylation sites is 1. The summed E-state index contributed by atoms with van der Waals surface area (Å²) < 4.78 is 1.19. The molecule has 2 aromatic rings. The average molecular weight is 250 g/mol. The molecule has 0 bridgehead atoms. The van der Waals surface area contributed by atoms with Crippen LogP contribution < -0.4 is 5.32 Å². The number of thiazole rings is 1. The highest BCUT2D eigenvalue weighted by molar-refractivity contribution is 7.22. The highest BCUT2D eigenvalue weighted by Gasteiger charge is 2.22. The van der Waals surface area contributed by atoms with Crippen molar-refractivity contribution in [3.05, 3.63) is 24.3 Å². The maximum absolute atomic E-state index is 9.09. The summed E-state index contributed by atoms with van der Waals surface area (Å²) in [5.41, 5.74) is 0.949. The van der Waals surface area contributed by atoms with Crippen molar-refractivity contribution in [2.45, 2.75) is 32.2 Å². The van der Waals surface area contributed by atoms with Crippen molar-refractivity contribution < 1.29 is 5.11 Å². The Labute approximate surface area is 106 Å². The first-order valence-electron chi connectivity index (χ1n) is 5.91. The number of aliphatic hydroxyl groups excluding tert-OH is 1. The lowest BCUT2D eigenvalue weighted by Crippen LogP contribution is -2.34. The standard InChI is InChI=1S/C13H18N2OS/c1-3-13(2,8-9-16)15-12-14-10-6-4-5-7-11(10)17-12/h4-7,16H,3,8-9H2,1-2H3,(H,14,15). The molecule has 1 aromatic carbocycles. The van der Waals surface area contributed by atoms with E-state index in [1.165, 1.54) is 4.70 Å². The summed E-state index contributed by atoms with van der Waals surface area (Å²) >= 11 is 1.66. The van der Waals surface area contributed by atoms with Crippen LogP contribution in [0.2, 0.25) is 0 Å². The van der Waals surface area contributed by atoms with Crippen molar-refractivity contribution in [2.75, 3.05) is 11.9 Å². The number of anilines is 1. The van der Waals surface area contributed by atoms with Crippen LogP contribution in [0.5, 0.6) is 0 Å². The van der Waals surface area contributed by atoms with Crippen molar-refractivity contribution in [3.8, 4) is 0 Å². The van der Waals surface area contributed by atoms with Gasteiger partial charge in [0.1, 0.15) is 0 Å². The van der Waals surface area contributed by atoms with Gasteiger partial charge in [-0.2, -0.15) is 0 Å². The molecule has 92 valence electrons. The zero-order valence-corrected chi connectivity index (χ0v) is 11.0. The third kappa shape index (κ3) is 2.76. The minimum Gasteiger partial charge on any atom is -0.396 e. The molecule has 4 heteroatoms. The fraction of sp³-hybridized carbons (Fsp3) is 0.462. The molecule has 1 aromatic heterocycles. The van der Waals surface area contributed by atoms with Crippen LogP contribution >= 0.6 is 11.3 Å². The Morgan fingerprint density at radius 3 is 2.82 bits per heavy atom. The molecule has 0 aliphatic heterocycles. The Balaban J connectivity index is 2.22. The quantitative estimate of drug-likeness (QED) is 0.856. The zero-order chi connectivity index (χ0) is 12.3. The molecule has 0 saturated carbocycles. The predicted octanol–water partition coefficient (Wildman–Crippen LogP) is 3.26. The summed E-state index contributed by atoms with van der Waals surface area (Å²) in [4.78, 5) is 4.55. The van der Waals surface area contributed by atoms with Crippen LogP contribution in [-0.2, 0) is 0 Å². The molecule has 2 N–H and O–H groups in total. The molecule has 0 fully saturated rings. The number of hydrogen-bond acceptors (Lipinski definition) is 4. The molecular weight excluding hydrogens is 232 g/mol. The van der Waals surface area contributed by atoms with Crippen LogP contribution in [0.3, 0.4) is 0 Å². The van der Waals surface area contributed by atoms with Crippen LogP contribution in [0.4, 0.5) is 5.13 Å². The van der Waals surface area contributed by atoms with Gasteiger partial charge in [-0.25, -0.2) is 4.98 Å². The maximum Gasteiger partial charge on any atom is 0.184 e. The SMILES string of the molecule is CCC(C)(CCO)Nc1nc2ccccc2s1. The van der Waals surface area contributed by atoms with Crippen molar-refractivity contribution in [1.82, 2.24) is 4.98 Å². The first-order chi connectivity index (χ1) is 8.17. The number of aliphatic hydroxyl groups is 1. The lowest BCUT2D eigenvalue weighted by molar-refractivity contribution is 0.252. The van der Waals surface area contributed by atoms with Gasteiger partial charge in [0, 0.05) is 12.1 Å². The van der Waals surface area contributed by atoms with E-state index in [0.717, 1.165) is 23.5 Å². The first kappa shape index (κ1) is 12.3. The van der Waals surface area contributed by atoms with Crippen LogP contribution in [-0.4, -0.2) is 22.2 Å². The van der Waals surface area contributed by atoms with Crippen molar-refractivity contribution >= 4 is 26.7 Å². The van der Waals surface area contributed by atoms with Crippen LogP contribution in [0, 0.1) is 0 Å². The topological polar surface area (TPSA) is 45.1 Å². The van der Waals surface area contributed by atoms with E-state index < -0.39 is 0 Å². The largest absolute Gasteiger partial charge is 0.396 e. The van der Waals surface area contributed by atoms with Crippen molar-refractivity contribution in [2.24, 2.45) is 0 Å². The fourth-order valence-corrected chi connectivity index (χ4v) is 2.77. The molecule has 0 aliphatic carbocycles. The predicted molar refractivity (Wildman–Crippen MR) is 73.6 cm³/mol. The molecule has 17 heavy (non-hydrogen) atoms. The normalized spacial score (nSPS) is 14.8. The zero-order valence-electron chi connectivity index (χ0n) is 10.2. The van der Waals surface area contributed by atoms with Crippen LogP contribution in [0.1, 0.15) is 26.7 Å². The van der Waals surface area contributed by atoms with Gasteiger partial charge >= 0.3 is 0 Å². The van der Waals surface area contributed by atoms with Crippen molar-refractivity contribution in [3.63, 3.8) is 0 Å². The van der Waals surface area contributed by atoms with E-state index in [1.54, 1.807) is 11.3 Å². The van der Waals surface area contributed by atoms with Gasteiger partial charge in [0.25, 0.3) is 0 Å². The number of nitrogens with zero attached hydrogens (tertiary/aromatic N) is 1. The van der Waals surface area contributed by atoms with Gasteiger partial charge < -0.3 is 10.4 Å². The second-order valence-corrected chi connectivity index (χ2v) is 5.53. The summed E-state index contributed by atoms with van der Waals surface area (Å²) in [6, 6.07) is 8.12. The molecule has 0 amide bonds. The molecule has 0 spiro atoms. The second-order valence-electron chi connectivity index (χ2n) is 4.50.